The van der Waals surface area contributed by atoms with Gasteiger partial charge in [0.25, 0.3) is 0 Å². The Kier molecular flexibility index (Phi) is 1.50. The fourth-order valence-electron chi connectivity index (χ4n) is 1.17. The highest BCUT2D eigenvalue weighted by molar-refractivity contribution is 5.51. The molecule has 0 fully saturated rings. The Morgan fingerprint density at radius 1 is 1.42 bits per heavy atom. The van der Waals surface area contributed by atoms with Crippen LogP contribution in [0.3, 0.4) is 0 Å². The van der Waals surface area contributed by atoms with Crippen molar-refractivity contribution in [3.63, 3.8) is 0 Å². The third kappa shape index (κ3) is 1.03. The van der Waals surface area contributed by atoms with Gasteiger partial charge in [-0.15, -0.1) is 0 Å². The molecule has 0 bridgehead atoms. The lowest BCUT2D eigenvalue weighted by atomic mass is 10.3. The van der Waals surface area contributed by atoms with Crippen LogP contribution in [-0.2, 0) is 7.05 Å². The Bertz CT molecular complexity index is 387. The van der Waals surface area contributed by atoms with Crippen molar-refractivity contribution in [3.05, 3.63) is 30.4 Å². The summed E-state index contributed by atoms with van der Waals surface area (Å²) in [5, 5.41) is 0. The van der Waals surface area contributed by atoms with E-state index in [-0.39, 0.29) is 0 Å². The van der Waals surface area contributed by atoms with Crippen molar-refractivity contribution in [2.45, 2.75) is 6.92 Å². The van der Waals surface area contributed by atoms with E-state index in [2.05, 4.69) is 4.98 Å². The standard InChI is InChI=1S/C9H10N2O/c1-7-3-4-9(12-7)8-5-10-6-11(8)2/h3-6H,1-2H3. The predicted octanol–water partition coefficient (Wildman–Crippen LogP) is 1.99. The largest absolute Gasteiger partial charge is 0.460 e. The van der Waals surface area contributed by atoms with Crippen molar-refractivity contribution >= 4 is 0 Å². The molecule has 62 valence electrons. The summed E-state index contributed by atoms with van der Waals surface area (Å²) >= 11 is 0. The van der Waals surface area contributed by atoms with Gasteiger partial charge >= 0.3 is 0 Å². The lowest BCUT2D eigenvalue weighted by Gasteiger charge is -1.95. The molecule has 0 aliphatic heterocycles. The fraction of sp³-hybridized carbons (Fsp3) is 0.222. The summed E-state index contributed by atoms with van der Waals surface area (Å²) in [6.45, 7) is 1.93. The Morgan fingerprint density at radius 3 is 2.75 bits per heavy atom. The summed E-state index contributed by atoms with van der Waals surface area (Å²) in [6, 6.07) is 3.90. The molecule has 0 spiro atoms. The molecule has 3 heteroatoms. The zero-order chi connectivity index (χ0) is 8.55. The SMILES string of the molecule is Cc1ccc(-c2cncn2C)o1. The predicted molar refractivity (Wildman–Crippen MR) is 45.6 cm³/mol. The quantitative estimate of drug-likeness (QED) is 0.642. The molecule has 2 aromatic rings. The van der Waals surface area contributed by atoms with Crippen molar-refractivity contribution in [1.82, 2.24) is 9.55 Å². The van der Waals surface area contributed by atoms with Crippen molar-refractivity contribution < 1.29 is 4.42 Å². The number of nitrogens with zero attached hydrogens (tertiary/aromatic N) is 2. The van der Waals surface area contributed by atoms with Crippen LogP contribution in [0.5, 0.6) is 0 Å². The molecule has 0 amide bonds. The van der Waals surface area contributed by atoms with Crippen LogP contribution in [-0.4, -0.2) is 9.55 Å². The number of hydrogen-bond acceptors (Lipinski definition) is 2. The lowest BCUT2D eigenvalue weighted by Crippen LogP contribution is -1.86. The van der Waals surface area contributed by atoms with E-state index < -0.39 is 0 Å². The van der Waals surface area contributed by atoms with E-state index in [1.54, 1.807) is 12.5 Å². The van der Waals surface area contributed by atoms with Gasteiger partial charge in [-0.3, -0.25) is 0 Å². The van der Waals surface area contributed by atoms with Crippen LogP contribution < -0.4 is 0 Å². The lowest BCUT2D eigenvalue weighted by molar-refractivity contribution is 0.544. The first kappa shape index (κ1) is 7.16. The Labute approximate surface area is 70.7 Å². The maximum Gasteiger partial charge on any atom is 0.152 e. The second-order valence-corrected chi connectivity index (χ2v) is 2.80. The zero-order valence-corrected chi connectivity index (χ0v) is 7.11. The van der Waals surface area contributed by atoms with Gasteiger partial charge in [0.2, 0.25) is 0 Å². The molecule has 0 atom stereocenters. The molecular weight excluding hydrogens is 152 g/mol. The monoisotopic (exact) mass is 162 g/mol. The van der Waals surface area contributed by atoms with Crippen LogP contribution >= 0.6 is 0 Å². The molecule has 0 saturated carbocycles. The molecule has 0 saturated heterocycles. The number of hydrogen-bond donors (Lipinski definition) is 0. The van der Waals surface area contributed by atoms with Gasteiger partial charge < -0.3 is 8.98 Å². The smallest absolute Gasteiger partial charge is 0.152 e. The van der Waals surface area contributed by atoms with Crippen molar-refractivity contribution in [2.24, 2.45) is 7.05 Å². The van der Waals surface area contributed by atoms with Gasteiger partial charge in [0, 0.05) is 7.05 Å². The summed E-state index contributed by atoms with van der Waals surface area (Å²) in [6.07, 6.45) is 3.55. The van der Waals surface area contributed by atoms with Gasteiger partial charge in [-0.1, -0.05) is 0 Å². The molecule has 0 unspecified atom stereocenters. The highest BCUT2D eigenvalue weighted by Gasteiger charge is 2.05. The number of imidazole rings is 1. The second kappa shape index (κ2) is 2.52. The van der Waals surface area contributed by atoms with Crippen molar-refractivity contribution in [3.8, 4) is 11.5 Å². The highest BCUT2D eigenvalue weighted by Crippen LogP contribution is 2.20. The van der Waals surface area contributed by atoms with Crippen LogP contribution in [0.4, 0.5) is 0 Å². The molecule has 2 aromatic heterocycles. The number of furan rings is 1. The molecule has 0 radical (unpaired) electrons. The summed E-state index contributed by atoms with van der Waals surface area (Å²) in [5.74, 6) is 1.79. The molecule has 12 heavy (non-hydrogen) atoms. The number of rotatable bonds is 1. The molecular formula is C9H10N2O. The van der Waals surface area contributed by atoms with Crippen LogP contribution in [0.25, 0.3) is 11.5 Å². The van der Waals surface area contributed by atoms with Gasteiger partial charge in [-0.05, 0) is 19.1 Å². The maximum absolute atomic E-state index is 5.45. The first-order valence-electron chi connectivity index (χ1n) is 3.80. The first-order valence-corrected chi connectivity index (χ1v) is 3.80. The van der Waals surface area contributed by atoms with Crippen LogP contribution in [0.1, 0.15) is 5.76 Å². The highest BCUT2D eigenvalue weighted by atomic mass is 16.3. The van der Waals surface area contributed by atoms with E-state index in [1.165, 1.54) is 0 Å². The molecule has 0 aromatic carbocycles. The topological polar surface area (TPSA) is 31.0 Å². The average Bonchev–Trinajstić information content (AvgIpc) is 2.58. The van der Waals surface area contributed by atoms with Crippen molar-refractivity contribution in [2.75, 3.05) is 0 Å². The maximum atomic E-state index is 5.45. The van der Waals surface area contributed by atoms with Crippen LogP contribution in [0.2, 0.25) is 0 Å². The third-order valence-corrected chi connectivity index (χ3v) is 1.81. The summed E-state index contributed by atoms with van der Waals surface area (Å²) in [7, 11) is 1.94. The Balaban J connectivity index is 2.50. The van der Waals surface area contributed by atoms with E-state index in [4.69, 9.17) is 4.42 Å². The van der Waals surface area contributed by atoms with Gasteiger partial charge in [0.1, 0.15) is 11.5 Å². The van der Waals surface area contributed by atoms with E-state index in [1.807, 2.05) is 30.7 Å². The van der Waals surface area contributed by atoms with E-state index in [0.717, 1.165) is 17.2 Å². The minimum Gasteiger partial charge on any atom is -0.460 e. The molecule has 0 aliphatic rings. The minimum atomic E-state index is 0.868. The van der Waals surface area contributed by atoms with Gasteiger partial charge in [0.05, 0.1) is 12.5 Å². The van der Waals surface area contributed by atoms with Crippen LogP contribution in [0, 0.1) is 6.92 Å². The molecule has 2 heterocycles. The molecule has 2 rings (SSSR count). The van der Waals surface area contributed by atoms with Crippen molar-refractivity contribution in [1.29, 1.82) is 0 Å². The Morgan fingerprint density at radius 2 is 2.25 bits per heavy atom. The van der Waals surface area contributed by atoms with Crippen LogP contribution in [0.15, 0.2) is 29.1 Å². The Hall–Kier alpha value is -1.51. The number of aromatic nitrogens is 2. The van der Waals surface area contributed by atoms with E-state index in [9.17, 15) is 0 Å². The molecule has 3 nitrogen and oxygen atoms in total. The zero-order valence-electron chi connectivity index (χ0n) is 7.11. The summed E-state index contributed by atoms with van der Waals surface area (Å²) in [4.78, 5) is 4.01. The fourth-order valence-corrected chi connectivity index (χ4v) is 1.17. The normalized spacial score (nSPS) is 10.5. The molecule has 0 N–H and O–H groups in total. The number of aryl methyl sites for hydroxylation is 2. The summed E-state index contributed by atoms with van der Waals surface area (Å²) in [5.41, 5.74) is 1.00. The van der Waals surface area contributed by atoms with E-state index >= 15 is 0 Å². The minimum absolute atomic E-state index is 0.868. The van der Waals surface area contributed by atoms with E-state index in [0.29, 0.717) is 0 Å². The molecule has 0 aliphatic carbocycles. The first-order chi connectivity index (χ1) is 5.77. The second-order valence-electron chi connectivity index (χ2n) is 2.80. The van der Waals surface area contributed by atoms with Gasteiger partial charge in [-0.2, -0.15) is 0 Å². The van der Waals surface area contributed by atoms with Gasteiger partial charge in [0.15, 0.2) is 5.76 Å². The third-order valence-electron chi connectivity index (χ3n) is 1.81. The average molecular weight is 162 g/mol. The summed E-state index contributed by atoms with van der Waals surface area (Å²) < 4.78 is 7.38. The van der Waals surface area contributed by atoms with Gasteiger partial charge in [-0.25, -0.2) is 4.98 Å².